The van der Waals surface area contributed by atoms with Crippen LogP contribution in [0.3, 0.4) is 0 Å². The van der Waals surface area contributed by atoms with Crippen molar-refractivity contribution in [1.82, 2.24) is 0 Å². The fraction of sp³-hybridized carbons (Fsp3) is 0.455. The van der Waals surface area contributed by atoms with Crippen LogP contribution < -0.4 is 5.32 Å². The van der Waals surface area contributed by atoms with Gasteiger partial charge in [0.1, 0.15) is 6.67 Å². The highest BCUT2D eigenvalue weighted by molar-refractivity contribution is 5.44. The fourth-order valence-electron chi connectivity index (χ4n) is 1.27. The lowest BCUT2D eigenvalue weighted by Gasteiger charge is -2.04. The molecule has 0 aliphatic heterocycles. The number of hydrogen-bond donors (Lipinski definition) is 1. The summed E-state index contributed by atoms with van der Waals surface area (Å²) in [5.41, 5.74) is 2.34. The third kappa shape index (κ3) is 3.45. The molecule has 0 bridgehead atoms. The van der Waals surface area contributed by atoms with Crippen LogP contribution in [0.25, 0.3) is 0 Å². The average molecular weight is 181 g/mol. The molecule has 13 heavy (non-hydrogen) atoms. The zero-order valence-corrected chi connectivity index (χ0v) is 8.02. The van der Waals surface area contributed by atoms with Gasteiger partial charge in [0.25, 0.3) is 0 Å². The van der Waals surface area contributed by atoms with E-state index in [0.717, 1.165) is 18.5 Å². The molecule has 72 valence electrons. The minimum Gasteiger partial charge on any atom is -0.382 e. The van der Waals surface area contributed by atoms with Crippen LogP contribution in [-0.2, 0) is 6.42 Å². The summed E-state index contributed by atoms with van der Waals surface area (Å²) in [6.45, 7) is 2.24. The molecular formula is C11H16FN. The largest absolute Gasteiger partial charge is 0.382 e. The summed E-state index contributed by atoms with van der Waals surface area (Å²) in [6, 6.07) is 8.18. The second-order valence-electron chi connectivity index (χ2n) is 3.06. The molecule has 0 aliphatic carbocycles. The normalized spacial score (nSPS) is 10.0. The summed E-state index contributed by atoms with van der Waals surface area (Å²) in [5.74, 6) is 0. The van der Waals surface area contributed by atoms with Gasteiger partial charge < -0.3 is 5.32 Å². The van der Waals surface area contributed by atoms with Crippen molar-refractivity contribution >= 4 is 5.69 Å². The van der Waals surface area contributed by atoms with Crippen LogP contribution in [0.4, 0.5) is 10.1 Å². The standard InChI is InChI=1S/C11H16FN/c1-2-3-10-4-6-11(7-5-10)13-9-8-12/h4-7,13H,2-3,8-9H2,1H3. The monoisotopic (exact) mass is 181 g/mol. The number of benzene rings is 1. The van der Waals surface area contributed by atoms with Gasteiger partial charge in [-0.3, -0.25) is 0 Å². The number of nitrogens with one attached hydrogen (secondary N) is 1. The van der Waals surface area contributed by atoms with E-state index in [4.69, 9.17) is 0 Å². The van der Waals surface area contributed by atoms with Crippen molar-refractivity contribution in [3.63, 3.8) is 0 Å². The van der Waals surface area contributed by atoms with Gasteiger partial charge in [0.15, 0.2) is 0 Å². The molecule has 0 spiro atoms. The first-order chi connectivity index (χ1) is 6.36. The number of alkyl halides is 1. The highest BCUT2D eigenvalue weighted by atomic mass is 19.1. The minimum atomic E-state index is -0.323. The maximum atomic E-state index is 11.8. The molecule has 0 saturated carbocycles. The lowest BCUT2D eigenvalue weighted by molar-refractivity contribution is 0.513. The van der Waals surface area contributed by atoms with Gasteiger partial charge in [-0.15, -0.1) is 0 Å². The number of halogens is 1. The maximum absolute atomic E-state index is 11.8. The average Bonchev–Trinajstić information content (AvgIpc) is 2.17. The Hall–Kier alpha value is -1.05. The summed E-state index contributed by atoms with van der Waals surface area (Å²) in [5, 5.41) is 2.99. The zero-order valence-electron chi connectivity index (χ0n) is 8.02. The van der Waals surface area contributed by atoms with Crippen molar-refractivity contribution in [3.05, 3.63) is 29.8 Å². The van der Waals surface area contributed by atoms with Crippen molar-refractivity contribution in [2.24, 2.45) is 0 Å². The molecule has 2 heteroatoms. The van der Waals surface area contributed by atoms with Gasteiger partial charge in [0, 0.05) is 12.2 Å². The van der Waals surface area contributed by atoms with Gasteiger partial charge >= 0.3 is 0 Å². The van der Waals surface area contributed by atoms with Crippen LogP contribution in [-0.4, -0.2) is 13.2 Å². The van der Waals surface area contributed by atoms with Crippen molar-refractivity contribution < 1.29 is 4.39 Å². The van der Waals surface area contributed by atoms with E-state index in [1.807, 2.05) is 12.1 Å². The van der Waals surface area contributed by atoms with Crippen LogP contribution in [0.1, 0.15) is 18.9 Å². The second kappa shape index (κ2) is 5.57. The molecule has 0 atom stereocenters. The van der Waals surface area contributed by atoms with Gasteiger partial charge in [0.05, 0.1) is 0 Å². The molecule has 0 unspecified atom stereocenters. The van der Waals surface area contributed by atoms with E-state index in [9.17, 15) is 4.39 Å². The lowest BCUT2D eigenvalue weighted by atomic mass is 10.1. The van der Waals surface area contributed by atoms with Crippen LogP contribution >= 0.6 is 0 Å². The van der Waals surface area contributed by atoms with E-state index in [0.29, 0.717) is 6.54 Å². The zero-order chi connectivity index (χ0) is 9.52. The fourth-order valence-corrected chi connectivity index (χ4v) is 1.27. The number of aryl methyl sites for hydroxylation is 1. The Labute approximate surface area is 79.0 Å². The Bertz CT molecular complexity index is 230. The molecule has 0 amide bonds. The lowest BCUT2D eigenvalue weighted by Crippen LogP contribution is -2.02. The van der Waals surface area contributed by atoms with Crippen LogP contribution in [0.5, 0.6) is 0 Å². The van der Waals surface area contributed by atoms with Crippen LogP contribution in [0.2, 0.25) is 0 Å². The van der Waals surface area contributed by atoms with Crippen molar-refractivity contribution in [3.8, 4) is 0 Å². The minimum absolute atomic E-state index is 0.323. The maximum Gasteiger partial charge on any atom is 0.107 e. The summed E-state index contributed by atoms with van der Waals surface area (Å²) in [6.07, 6.45) is 2.28. The van der Waals surface area contributed by atoms with Gasteiger partial charge in [-0.1, -0.05) is 25.5 Å². The van der Waals surface area contributed by atoms with E-state index in [2.05, 4.69) is 24.4 Å². The van der Waals surface area contributed by atoms with Gasteiger partial charge in [-0.2, -0.15) is 0 Å². The Kier molecular flexibility index (Phi) is 4.30. The predicted octanol–water partition coefficient (Wildman–Crippen LogP) is 3.02. The SMILES string of the molecule is CCCc1ccc(NCCF)cc1. The molecule has 0 aliphatic rings. The van der Waals surface area contributed by atoms with E-state index in [-0.39, 0.29) is 6.67 Å². The van der Waals surface area contributed by atoms with Gasteiger partial charge in [-0.25, -0.2) is 4.39 Å². The molecular weight excluding hydrogens is 165 g/mol. The molecule has 0 aromatic heterocycles. The molecule has 1 rings (SSSR count). The van der Waals surface area contributed by atoms with E-state index < -0.39 is 0 Å². The Balaban J connectivity index is 2.48. The van der Waals surface area contributed by atoms with E-state index >= 15 is 0 Å². The first kappa shape index (κ1) is 10.0. The third-order valence-electron chi connectivity index (χ3n) is 1.92. The van der Waals surface area contributed by atoms with Crippen molar-refractivity contribution in [2.45, 2.75) is 19.8 Å². The second-order valence-corrected chi connectivity index (χ2v) is 3.06. The number of hydrogen-bond acceptors (Lipinski definition) is 1. The molecule has 0 heterocycles. The first-order valence-corrected chi connectivity index (χ1v) is 4.75. The highest BCUT2D eigenvalue weighted by Crippen LogP contribution is 2.10. The highest BCUT2D eigenvalue weighted by Gasteiger charge is 1.92. The summed E-state index contributed by atoms with van der Waals surface area (Å²) in [4.78, 5) is 0. The topological polar surface area (TPSA) is 12.0 Å². The Morgan fingerprint density at radius 2 is 1.92 bits per heavy atom. The molecule has 1 nitrogen and oxygen atoms in total. The number of rotatable bonds is 5. The van der Waals surface area contributed by atoms with Crippen molar-refractivity contribution in [1.29, 1.82) is 0 Å². The molecule has 0 fully saturated rings. The van der Waals surface area contributed by atoms with Crippen LogP contribution in [0, 0.1) is 0 Å². The van der Waals surface area contributed by atoms with E-state index in [1.165, 1.54) is 5.56 Å². The quantitative estimate of drug-likeness (QED) is 0.736. The van der Waals surface area contributed by atoms with Crippen molar-refractivity contribution in [2.75, 3.05) is 18.5 Å². The Morgan fingerprint density at radius 3 is 2.46 bits per heavy atom. The molecule has 1 aromatic carbocycles. The summed E-state index contributed by atoms with van der Waals surface area (Å²) < 4.78 is 11.8. The first-order valence-electron chi connectivity index (χ1n) is 4.75. The van der Waals surface area contributed by atoms with Crippen LogP contribution in [0.15, 0.2) is 24.3 Å². The molecule has 1 aromatic rings. The van der Waals surface area contributed by atoms with Gasteiger partial charge in [0.2, 0.25) is 0 Å². The number of anilines is 1. The molecule has 1 N–H and O–H groups in total. The molecule has 0 saturated heterocycles. The van der Waals surface area contributed by atoms with Gasteiger partial charge in [-0.05, 0) is 24.1 Å². The third-order valence-corrected chi connectivity index (χ3v) is 1.92. The molecule has 0 radical (unpaired) electrons. The van der Waals surface area contributed by atoms with E-state index in [1.54, 1.807) is 0 Å². The summed E-state index contributed by atoms with van der Waals surface area (Å²) in [7, 11) is 0. The smallest absolute Gasteiger partial charge is 0.107 e. The Morgan fingerprint density at radius 1 is 1.23 bits per heavy atom. The summed E-state index contributed by atoms with van der Waals surface area (Å²) >= 11 is 0. The predicted molar refractivity (Wildman–Crippen MR) is 54.9 cm³/mol.